The topological polar surface area (TPSA) is 18.5 Å². The third kappa shape index (κ3) is 4.96. The Hall–Kier alpha value is -1.46. The van der Waals surface area contributed by atoms with Gasteiger partial charge in [0.05, 0.1) is 25.4 Å². The summed E-state index contributed by atoms with van der Waals surface area (Å²) in [4.78, 5) is 0. The molecular weight excluding hydrogens is 236 g/mol. The van der Waals surface area contributed by atoms with E-state index in [9.17, 15) is 0 Å². The Morgan fingerprint density at radius 2 is 2.32 bits per heavy atom. The number of hydrogen-bond donors (Lipinski definition) is 0. The molecule has 104 valence electrons. The minimum Gasteiger partial charge on any atom is -0.489 e. The van der Waals surface area contributed by atoms with Crippen LogP contribution in [0.1, 0.15) is 39.5 Å². The molecule has 1 unspecified atom stereocenters. The molecule has 2 nitrogen and oxygen atoms in total. The Morgan fingerprint density at radius 1 is 1.53 bits per heavy atom. The molecule has 0 N–H and O–H groups in total. The van der Waals surface area contributed by atoms with Gasteiger partial charge in [-0.25, -0.2) is 0 Å². The van der Waals surface area contributed by atoms with E-state index in [1.165, 1.54) is 19.3 Å². The van der Waals surface area contributed by atoms with Crippen molar-refractivity contribution >= 4 is 0 Å². The van der Waals surface area contributed by atoms with Crippen LogP contribution in [-0.2, 0) is 9.47 Å². The number of hydrogen-bond acceptors (Lipinski definition) is 2. The van der Waals surface area contributed by atoms with Crippen LogP contribution in [0.4, 0.5) is 0 Å². The SMILES string of the molecule is C=C=C1[CH-]C(OC)=C=C[C+]1OCC(CC)CCCC. The molecule has 1 atom stereocenters. The fraction of sp³-hybridized carbons (Fsp3) is 0.529. The molecule has 1 rings (SSSR count). The summed E-state index contributed by atoms with van der Waals surface area (Å²) in [5.41, 5.74) is 6.75. The molecule has 1 aliphatic rings. The molecule has 2 heteroatoms. The van der Waals surface area contributed by atoms with E-state index in [4.69, 9.17) is 9.47 Å². The van der Waals surface area contributed by atoms with Crippen molar-refractivity contribution in [3.8, 4) is 0 Å². The van der Waals surface area contributed by atoms with Crippen molar-refractivity contribution < 1.29 is 9.47 Å². The number of rotatable bonds is 8. The molecule has 0 aromatic rings. The maximum absolute atomic E-state index is 5.89. The van der Waals surface area contributed by atoms with Gasteiger partial charge in [-0.05, 0) is 12.3 Å². The molecule has 0 heterocycles. The predicted molar refractivity (Wildman–Crippen MR) is 78.1 cm³/mol. The van der Waals surface area contributed by atoms with E-state index >= 15 is 0 Å². The number of unbranched alkanes of at least 4 members (excludes halogenated alkanes) is 1. The molecule has 0 amide bonds. The Labute approximate surface area is 117 Å². The number of methoxy groups -OCH3 is 1. The van der Waals surface area contributed by atoms with Gasteiger partial charge in [0.2, 0.25) is 0 Å². The van der Waals surface area contributed by atoms with Crippen LogP contribution < -0.4 is 0 Å². The van der Waals surface area contributed by atoms with Crippen LogP contribution in [0.25, 0.3) is 0 Å². The van der Waals surface area contributed by atoms with Crippen molar-refractivity contribution in [3.63, 3.8) is 0 Å². The van der Waals surface area contributed by atoms with Crippen molar-refractivity contribution in [2.24, 2.45) is 5.92 Å². The Balaban J connectivity index is 2.55. The lowest BCUT2D eigenvalue weighted by Gasteiger charge is -2.21. The maximum atomic E-state index is 5.89. The highest BCUT2D eigenvalue weighted by Gasteiger charge is 2.19. The summed E-state index contributed by atoms with van der Waals surface area (Å²) < 4.78 is 11.0. The Morgan fingerprint density at radius 3 is 2.89 bits per heavy atom. The molecule has 0 aromatic carbocycles. The second-order valence-electron chi connectivity index (χ2n) is 4.68. The lowest BCUT2D eigenvalue weighted by molar-refractivity contribution is 0.128. The zero-order valence-electron chi connectivity index (χ0n) is 12.3. The van der Waals surface area contributed by atoms with E-state index in [1.807, 2.05) is 6.42 Å². The molecule has 0 radical (unpaired) electrons. The lowest BCUT2D eigenvalue weighted by atomic mass is 9.99. The molecule has 0 bridgehead atoms. The van der Waals surface area contributed by atoms with E-state index in [0.29, 0.717) is 11.7 Å². The van der Waals surface area contributed by atoms with Crippen molar-refractivity contribution in [2.75, 3.05) is 13.7 Å². The van der Waals surface area contributed by atoms with Gasteiger partial charge in [0.15, 0.2) is 5.76 Å². The molecule has 1 aliphatic carbocycles. The monoisotopic (exact) mass is 260 g/mol. The normalized spacial score (nSPS) is 15.6. The highest BCUT2D eigenvalue weighted by atomic mass is 16.5. The van der Waals surface area contributed by atoms with Crippen molar-refractivity contribution in [3.05, 3.63) is 48.0 Å². The summed E-state index contributed by atoms with van der Waals surface area (Å²) in [5, 5.41) is 0. The van der Waals surface area contributed by atoms with Gasteiger partial charge in [-0.15, -0.1) is 5.73 Å². The third-order valence-electron chi connectivity index (χ3n) is 3.31. The average molecular weight is 260 g/mol. The van der Waals surface area contributed by atoms with Gasteiger partial charge in [0, 0.05) is 12.5 Å². The van der Waals surface area contributed by atoms with E-state index in [2.05, 4.69) is 31.9 Å². The van der Waals surface area contributed by atoms with Crippen LogP contribution in [0.15, 0.2) is 35.4 Å². The maximum Gasteiger partial charge on any atom is 0.163 e. The van der Waals surface area contributed by atoms with Gasteiger partial charge in [-0.2, -0.15) is 0 Å². The summed E-state index contributed by atoms with van der Waals surface area (Å²) in [6.45, 7) is 8.86. The first-order valence-corrected chi connectivity index (χ1v) is 7.00. The Bertz CT molecular complexity index is 382. The van der Waals surface area contributed by atoms with Crippen molar-refractivity contribution in [2.45, 2.75) is 39.5 Å². The number of ether oxygens (including phenoxy) is 2. The largest absolute Gasteiger partial charge is 0.489 e. The van der Waals surface area contributed by atoms with Gasteiger partial charge < -0.3 is 9.47 Å². The first-order valence-electron chi connectivity index (χ1n) is 7.00. The quantitative estimate of drug-likeness (QED) is 0.476. The van der Waals surface area contributed by atoms with E-state index < -0.39 is 0 Å². The van der Waals surface area contributed by atoms with Gasteiger partial charge in [-0.3, -0.25) is 0 Å². The van der Waals surface area contributed by atoms with E-state index in [-0.39, 0.29) is 0 Å². The summed E-state index contributed by atoms with van der Waals surface area (Å²) in [6, 6.07) is 0. The average Bonchev–Trinajstić information content (AvgIpc) is 2.47. The molecule has 0 aliphatic heterocycles. The summed E-state index contributed by atoms with van der Waals surface area (Å²) >= 11 is 0. The van der Waals surface area contributed by atoms with Crippen LogP contribution in [0.2, 0.25) is 0 Å². The van der Waals surface area contributed by atoms with Gasteiger partial charge in [0.25, 0.3) is 0 Å². The van der Waals surface area contributed by atoms with Gasteiger partial charge >= 0.3 is 0 Å². The Kier molecular flexibility index (Phi) is 7.07. The van der Waals surface area contributed by atoms with Crippen molar-refractivity contribution in [1.82, 2.24) is 0 Å². The zero-order valence-corrected chi connectivity index (χ0v) is 12.3. The fourth-order valence-electron chi connectivity index (χ4n) is 1.94. The standard InChI is InChI=1S/C17H24O2/c1-5-8-9-14(6-2)13-19-17-11-10-16(18-4)12-15(17)7-3/h11-12,14H,3,5-6,8-9,13H2,1-2,4H3. The highest BCUT2D eigenvalue weighted by molar-refractivity contribution is 5.43. The lowest BCUT2D eigenvalue weighted by Crippen LogP contribution is -2.15. The summed E-state index contributed by atoms with van der Waals surface area (Å²) in [6.07, 6.45) is 9.29. The molecule has 19 heavy (non-hydrogen) atoms. The first-order chi connectivity index (χ1) is 9.24. The van der Waals surface area contributed by atoms with Crippen LogP contribution in [0.3, 0.4) is 0 Å². The van der Waals surface area contributed by atoms with Gasteiger partial charge in [-0.1, -0.05) is 45.4 Å². The molecule has 0 aromatic heterocycles. The van der Waals surface area contributed by atoms with E-state index in [1.54, 1.807) is 13.2 Å². The van der Waals surface area contributed by atoms with Gasteiger partial charge in [0.1, 0.15) is 0 Å². The second-order valence-corrected chi connectivity index (χ2v) is 4.68. The minimum atomic E-state index is 0.611. The van der Waals surface area contributed by atoms with Crippen LogP contribution >= 0.6 is 0 Å². The van der Waals surface area contributed by atoms with Crippen LogP contribution in [-0.4, -0.2) is 13.7 Å². The third-order valence-corrected chi connectivity index (χ3v) is 3.31. The molecule has 0 spiro atoms. The summed E-state index contributed by atoms with van der Waals surface area (Å²) in [7, 11) is 1.62. The summed E-state index contributed by atoms with van der Waals surface area (Å²) in [5.74, 6) is 1.29. The van der Waals surface area contributed by atoms with Crippen LogP contribution in [0.5, 0.6) is 0 Å². The minimum absolute atomic E-state index is 0.611. The molecule has 0 fully saturated rings. The first kappa shape index (κ1) is 15.6. The van der Waals surface area contributed by atoms with Crippen LogP contribution in [0, 0.1) is 18.4 Å². The molecular formula is C17H24O2. The van der Waals surface area contributed by atoms with Crippen molar-refractivity contribution in [1.29, 1.82) is 0 Å². The molecule has 0 saturated heterocycles. The van der Waals surface area contributed by atoms with E-state index in [0.717, 1.165) is 24.7 Å². The smallest absolute Gasteiger partial charge is 0.163 e. The molecule has 0 saturated carbocycles. The zero-order chi connectivity index (χ0) is 14.1. The highest BCUT2D eigenvalue weighted by Crippen LogP contribution is 2.27. The predicted octanol–water partition coefficient (Wildman–Crippen LogP) is 4.37. The second kappa shape index (κ2) is 8.61. The fourth-order valence-corrected chi connectivity index (χ4v) is 1.94.